The number of hydrogen-bond donors (Lipinski definition) is 1. The van der Waals surface area contributed by atoms with Crippen molar-refractivity contribution >= 4 is 0 Å². The highest BCUT2D eigenvalue weighted by atomic mass is 16.5. The molecule has 0 bridgehead atoms. The zero-order chi connectivity index (χ0) is 13.9. The summed E-state index contributed by atoms with van der Waals surface area (Å²) in [5.41, 5.74) is 0.804. The third kappa shape index (κ3) is 3.11. The number of ether oxygens (including phenoxy) is 1. The van der Waals surface area contributed by atoms with Crippen LogP contribution in [0.4, 0.5) is 0 Å². The van der Waals surface area contributed by atoms with Crippen molar-refractivity contribution in [1.29, 1.82) is 0 Å². The third-order valence-corrected chi connectivity index (χ3v) is 4.89. The van der Waals surface area contributed by atoms with Gasteiger partial charge >= 0.3 is 0 Å². The van der Waals surface area contributed by atoms with Crippen molar-refractivity contribution in [3.8, 4) is 5.75 Å². The van der Waals surface area contributed by atoms with Crippen LogP contribution in [0.3, 0.4) is 0 Å². The van der Waals surface area contributed by atoms with Gasteiger partial charge in [-0.2, -0.15) is 0 Å². The van der Waals surface area contributed by atoms with Crippen molar-refractivity contribution in [2.75, 3.05) is 7.11 Å². The van der Waals surface area contributed by atoms with E-state index in [1.807, 2.05) is 12.1 Å². The zero-order valence-electron chi connectivity index (χ0n) is 12.4. The number of rotatable bonds is 4. The Morgan fingerprint density at radius 1 is 1.11 bits per heavy atom. The van der Waals surface area contributed by atoms with Crippen LogP contribution in [0, 0.1) is 5.41 Å². The largest absolute Gasteiger partial charge is 0.497 e. The average molecular weight is 262 g/mol. The normalized spacial score (nSPS) is 26.1. The topological polar surface area (TPSA) is 29.5 Å². The Kier molecular flexibility index (Phi) is 4.19. The van der Waals surface area contributed by atoms with Crippen LogP contribution in [0.25, 0.3) is 0 Å². The second-order valence-electron chi connectivity index (χ2n) is 6.47. The smallest absolute Gasteiger partial charge is 0.118 e. The molecule has 1 aliphatic carbocycles. The first-order valence-corrected chi connectivity index (χ1v) is 7.32. The van der Waals surface area contributed by atoms with Gasteiger partial charge in [-0.25, -0.2) is 0 Å². The van der Waals surface area contributed by atoms with Gasteiger partial charge < -0.3 is 9.84 Å². The van der Waals surface area contributed by atoms with Crippen LogP contribution < -0.4 is 4.74 Å². The summed E-state index contributed by atoms with van der Waals surface area (Å²) in [6.07, 6.45) is 6.26. The van der Waals surface area contributed by atoms with E-state index in [0.29, 0.717) is 0 Å². The molecular weight excluding hydrogens is 236 g/mol. The predicted octanol–water partition coefficient (Wildman–Crippen LogP) is 3.96. The van der Waals surface area contributed by atoms with Crippen LogP contribution in [0.5, 0.6) is 5.75 Å². The molecule has 1 aliphatic rings. The lowest BCUT2D eigenvalue weighted by atomic mass is 9.63. The van der Waals surface area contributed by atoms with Gasteiger partial charge in [-0.1, -0.05) is 38.8 Å². The summed E-state index contributed by atoms with van der Waals surface area (Å²) in [5.74, 6) is 0.889. The predicted molar refractivity (Wildman–Crippen MR) is 78.5 cm³/mol. The minimum Gasteiger partial charge on any atom is -0.497 e. The average Bonchev–Trinajstić information content (AvgIpc) is 2.41. The molecule has 106 valence electrons. The molecule has 0 aromatic heterocycles. The van der Waals surface area contributed by atoms with Crippen molar-refractivity contribution in [2.45, 2.75) is 58.0 Å². The van der Waals surface area contributed by atoms with E-state index in [4.69, 9.17) is 4.74 Å². The van der Waals surface area contributed by atoms with Crippen LogP contribution in [-0.4, -0.2) is 17.8 Å². The molecule has 0 saturated heterocycles. The van der Waals surface area contributed by atoms with Gasteiger partial charge in [0.1, 0.15) is 5.75 Å². The molecule has 2 heteroatoms. The van der Waals surface area contributed by atoms with Gasteiger partial charge in [-0.3, -0.25) is 0 Å². The molecule has 1 aromatic carbocycles. The number of aryl methyl sites for hydroxylation is 1. The van der Waals surface area contributed by atoms with E-state index in [-0.39, 0.29) is 5.41 Å². The van der Waals surface area contributed by atoms with E-state index in [0.717, 1.165) is 37.9 Å². The van der Waals surface area contributed by atoms with E-state index in [1.165, 1.54) is 12.0 Å². The molecule has 0 radical (unpaired) electrons. The maximum absolute atomic E-state index is 10.9. The molecule has 19 heavy (non-hydrogen) atoms. The van der Waals surface area contributed by atoms with E-state index < -0.39 is 5.60 Å². The fourth-order valence-corrected chi connectivity index (χ4v) is 3.16. The number of hydrogen-bond acceptors (Lipinski definition) is 2. The van der Waals surface area contributed by atoms with Crippen LogP contribution >= 0.6 is 0 Å². The Morgan fingerprint density at radius 2 is 1.74 bits per heavy atom. The van der Waals surface area contributed by atoms with Gasteiger partial charge in [0.05, 0.1) is 12.7 Å². The maximum atomic E-state index is 10.9. The molecular formula is C17H26O2. The Morgan fingerprint density at radius 3 is 2.32 bits per heavy atom. The second kappa shape index (κ2) is 5.54. The lowest BCUT2D eigenvalue weighted by Crippen LogP contribution is -2.47. The molecule has 1 saturated carbocycles. The third-order valence-electron chi connectivity index (χ3n) is 4.89. The molecule has 0 spiro atoms. The Labute approximate surface area is 116 Å². The van der Waals surface area contributed by atoms with E-state index in [9.17, 15) is 5.11 Å². The number of methoxy groups -OCH3 is 1. The second-order valence-corrected chi connectivity index (χ2v) is 6.47. The minimum absolute atomic E-state index is 0.0394. The number of benzene rings is 1. The molecule has 0 aliphatic heterocycles. The summed E-state index contributed by atoms with van der Waals surface area (Å²) in [6, 6.07) is 8.17. The fourth-order valence-electron chi connectivity index (χ4n) is 3.16. The lowest BCUT2D eigenvalue weighted by Gasteiger charge is -2.46. The standard InChI is InChI=1S/C17H26O2/c1-16(2)11-4-5-12-17(16,18)13-10-14-6-8-15(19-3)9-7-14/h6-9,18H,4-5,10-13H2,1-3H3. The SMILES string of the molecule is COc1ccc(CCC2(O)CCCCC2(C)C)cc1. The summed E-state index contributed by atoms with van der Waals surface area (Å²) in [6.45, 7) is 4.42. The van der Waals surface area contributed by atoms with Gasteiger partial charge in [0.2, 0.25) is 0 Å². The highest BCUT2D eigenvalue weighted by molar-refractivity contribution is 5.27. The molecule has 1 N–H and O–H groups in total. The lowest BCUT2D eigenvalue weighted by molar-refractivity contribution is -0.102. The van der Waals surface area contributed by atoms with Crippen molar-refractivity contribution in [3.05, 3.63) is 29.8 Å². The Bertz CT molecular complexity index is 408. The minimum atomic E-state index is -0.509. The number of aliphatic hydroxyl groups is 1. The highest BCUT2D eigenvalue weighted by Crippen LogP contribution is 2.46. The van der Waals surface area contributed by atoms with E-state index in [2.05, 4.69) is 26.0 Å². The van der Waals surface area contributed by atoms with Crippen LogP contribution in [-0.2, 0) is 6.42 Å². The quantitative estimate of drug-likeness (QED) is 0.890. The van der Waals surface area contributed by atoms with Gasteiger partial charge in [-0.15, -0.1) is 0 Å². The zero-order valence-corrected chi connectivity index (χ0v) is 12.4. The van der Waals surface area contributed by atoms with Gasteiger partial charge in [0.25, 0.3) is 0 Å². The summed E-state index contributed by atoms with van der Waals surface area (Å²) >= 11 is 0. The van der Waals surface area contributed by atoms with Crippen molar-refractivity contribution in [3.63, 3.8) is 0 Å². The van der Waals surface area contributed by atoms with Crippen LogP contribution in [0.2, 0.25) is 0 Å². The molecule has 1 fully saturated rings. The van der Waals surface area contributed by atoms with E-state index in [1.54, 1.807) is 7.11 Å². The maximum Gasteiger partial charge on any atom is 0.118 e. The van der Waals surface area contributed by atoms with Crippen molar-refractivity contribution in [1.82, 2.24) is 0 Å². The summed E-state index contributed by atoms with van der Waals surface area (Å²) in [5, 5.41) is 10.9. The molecule has 1 aromatic rings. The summed E-state index contributed by atoms with van der Waals surface area (Å²) in [4.78, 5) is 0. The van der Waals surface area contributed by atoms with E-state index >= 15 is 0 Å². The Hall–Kier alpha value is -1.02. The van der Waals surface area contributed by atoms with Gasteiger partial charge in [-0.05, 0) is 48.8 Å². The fraction of sp³-hybridized carbons (Fsp3) is 0.647. The van der Waals surface area contributed by atoms with Gasteiger partial charge in [0.15, 0.2) is 0 Å². The molecule has 2 rings (SSSR count). The first-order valence-electron chi connectivity index (χ1n) is 7.32. The summed E-state index contributed by atoms with van der Waals surface area (Å²) in [7, 11) is 1.68. The molecule has 2 nitrogen and oxygen atoms in total. The van der Waals surface area contributed by atoms with Crippen molar-refractivity contribution in [2.24, 2.45) is 5.41 Å². The van der Waals surface area contributed by atoms with Crippen molar-refractivity contribution < 1.29 is 9.84 Å². The van der Waals surface area contributed by atoms with Crippen LogP contribution in [0.1, 0.15) is 51.5 Å². The van der Waals surface area contributed by atoms with Crippen LogP contribution in [0.15, 0.2) is 24.3 Å². The Balaban J connectivity index is 2.00. The molecule has 1 atom stereocenters. The monoisotopic (exact) mass is 262 g/mol. The molecule has 1 unspecified atom stereocenters. The first kappa shape index (κ1) is 14.4. The summed E-state index contributed by atoms with van der Waals surface area (Å²) < 4.78 is 5.17. The van der Waals surface area contributed by atoms with Gasteiger partial charge in [0, 0.05) is 0 Å². The highest BCUT2D eigenvalue weighted by Gasteiger charge is 2.44. The molecule has 0 heterocycles. The first-order chi connectivity index (χ1) is 8.97. The molecule has 0 amide bonds.